The van der Waals surface area contributed by atoms with E-state index in [0.29, 0.717) is 6.42 Å². The first kappa shape index (κ1) is 11.7. The molecule has 0 amide bonds. The molecule has 13 heavy (non-hydrogen) atoms. The SMILES string of the molecule is CCCC#N.Cc1ccc(C)cc1. The molecule has 0 N–H and O–H groups in total. The van der Waals surface area contributed by atoms with Crippen LogP contribution in [0.5, 0.6) is 0 Å². The van der Waals surface area contributed by atoms with Crippen molar-refractivity contribution in [3.8, 4) is 6.07 Å². The standard InChI is InChI=1S/C8H10.C4H7N/c1-7-3-5-8(2)6-4-7;1-2-3-4-5/h3-6H,1-2H3;2-3H2,1H3. The molecule has 1 nitrogen and oxygen atoms in total. The molecule has 1 rings (SSSR count). The zero-order chi connectivity index (χ0) is 10.1. The van der Waals surface area contributed by atoms with Gasteiger partial charge < -0.3 is 0 Å². The summed E-state index contributed by atoms with van der Waals surface area (Å²) in [5.41, 5.74) is 2.66. The molecule has 0 aliphatic rings. The summed E-state index contributed by atoms with van der Waals surface area (Å²) in [7, 11) is 0. The number of benzene rings is 1. The Balaban J connectivity index is 0.000000252. The molecule has 0 unspecified atom stereocenters. The summed E-state index contributed by atoms with van der Waals surface area (Å²) in [4.78, 5) is 0. The molecule has 0 fully saturated rings. The molecular weight excluding hydrogens is 158 g/mol. The van der Waals surface area contributed by atoms with Crippen LogP contribution in [0.4, 0.5) is 0 Å². The van der Waals surface area contributed by atoms with Gasteiger partial charge in [0.25, 0.3) is 0 Å². The van der Waals surface area contributed by atoms with Crippen LogP contribution >= 0.6 is 0 Å². The van der Waals surface area contributed by atoms with Crippen molar-refractivity contribution in [3.63, 3.8) is 0 Å². The van der Waals surface area contributed by atoms with Gasteiger partial charge in [0.1, 0.15) is 0 Å². The van der Waals surface area contributed by atoms with Gasteiger partial charge in [-0.3, -0.25) is 0 Å². The molecular formula is C12H17N. The number of nitrogens with zero attached hydrogens (tertiary/aromatic N) is 1. The fourth-order valence-corrected chi connectivity index (χ4v) is 0.749. The van der Waals surface area contributed by atoms with Gasteiger partial charge in [-0.2, -0.15) is 5.26 Å². The van der Waals surface area contributed by atoms with E-state index in [4.69, 9.17) is 5.26 Å². The molecule has 0 radical (unpaired) electrons. The lowest BCUT2D eigenvalue weighted by Gasteiger charge is -1.90. The lowest BCUT2D eigenvalue weighted by atomic mass is 10.2. The van der Waals surface area contributed by atoms with Gasteiger partial charge in [0.2, 0.25) is 0 Å². The maximum Gasteiger partial charge on any atom is 0.0621 e. The van der Waals surface area contributed by atoms with Gasteiger partial charge in [-0.15, -0.1) is 0 Å². The van der Waals surface area contributed by atoms with E-state index in [9.17, 15) is 0 Å². The van der Waals surface area contributed by atoms with Crippen LogP contribution in [0, 0.1) is 25.2 Å². The largest absolute Gasteiger partial charge is 0.198 e. The maximum absolute atomic E-state index is 7.82. The van der Waals surface area contributed by atoms with E-state index in [2.05, 4.69) is 38.1 Å². The summed E-state index contributed by atoms with van der Waals surface area (Å²) in [6.07, 6.45) is 1.68. The van der Waals surface area contributed by atoms with Crippen molar-refractivity contribution >= 4 is 0 Å². The van der Waals surface area contributed by atoms with Crippen LogP contribution in [0.1, 0.15) is 30.9 Å². The van der Waals surface area contributed by atoms with E-state index in [0.717, 1.165) is 6.42 Å². The highest BCUT2D eigenvalue weighted by Gasteiger charge is 1.79. The van der Waals surface area contributed by atoms with Crippen molar-refractivity contribution in [2.45, 2.75) is 33.6 Å². The van der Waals surface area contributed by atoms with Gasteiger partial charge in [0, 0.05) is 6.42 Å². The molecule has 0 bridgehead atoms. The Labute approximate surface area is 81.0 Å². The molecule has 70 valence electrons. The van der Waals surface area contributed by atoms with Crippen molar-refractivity contribution in [1.29, 1.82) is 5.26 Å². The van der Waals surface area contributed by atoms with E-state index in [1.54, 1.807) is 0 Å². The van der Waals surface area contributed by atoms with Crippen LogP contribution in [0.2, 0.25) is 0 Å². The quantitative estimate of drug-likeness (QED) is 0.639. The Morgan fingerprint density at radius 1 is 1.08 bits per heavy atom. The monoisotopic (exact) mass is 175 g/mol. The maximum atomic E-state index is 7.82. The molecule has 0 saturated heterocycles. The average molecular weight is 175 g/mol. The number of aryl methyl sites for hydroxylation is 2. The highest BCUT2D eigenvalue weighted by Crippen LogP contribution is 1.99. The highest BCUT2D eigenvalue weighted by atomic mass is 14.2. The summed E-state index contributed by atoms with van der Waals surface area (Å²) in [5, 5.41) is 7.82. The van der Waals surface area contributed by atoms with Crippen molar-refractivity contribution < 1.29 is 0 Å². The van der Waals surface area contributed by atoms with Gasteiger partial charge in [-0.1, -0.05) is 42.3 Å². The zero-order valence-electron chi connectivity index (χ0n) is 8.67. The summed E-state index contributed by atoms with van der Waals surface area (Å²) in [6, 6.07) is 10.5. The van der Waals surface area contributed by atoms with E-state index >= 15 is 0 Å². The summed E-state index contributed by atoms with van der Waals surface area (Å²) >= 11 is 0. The number of unbranched alkanes of at least 4 members (excludes halogenated alkanes) is 1. The minimum absolute atomic E-state index is 0.694. The number of hydrogen-bond donors (Lipinski definition) is 0. The third kappa shape index (κ3) is 7.08. The second-order valence-corrected chi connectivity index (χ2v) is 3.06. The Bertz CT molecular complexity index is 232. The molecule has 0 spiro atoms. The summed E-state index contributed by atoms with van der Waals surface area (Å²) in [6.45, 7) is 6.18. The molecule has 0 saturated carbocycles. The average Bonchev–Trinajstić information content (AvgIpc) is 2.13. The second-order valence-electron chi connectivity index (χ2n) is 3.06. The predicted molar refractivity (Wildman–Crippen MR) is 56.4 cm³/mol. The molecule has 0 heterocycles. The molecule has 0 aromatic heterocycles. The smallest absolute Gasteiger partial charge is 0.0621 e. The molecule has 0 atom stereocenters. The minimum atomic E-state index is 0.694. The Morgan fingerprint density at radius 3 is 1.62 bits per heavy atom. The molecule has 1 aromatic rings. The van der Waals surface area contributed by atoms with Crippen LogP contribution in [0.15, 0.2) is 24.3 Å². The van der Waals surface area contributed by atoms with Crippen LogP contribution < -0.4 is 0 Å². The van der Waals surface area contributed by atoms with E-state index in [1.807, 2.05) is 13.0 Å². The lowest BCUT2D eigenvalue weighted by Crippen LogP contribution is -1.70. The summed E-state index contributed by atoms with van der Waals surface area (Å²) in [5.74, 6) is 0. The first-order valence-corrected chi connectivity index (χ1v) is 4.61. The van der Waals surface area contributed by atoms with Gasteiger partial charge in [-0.25, -0.2) is 0 Å². The van der Waals surface area contributed by atoms with E-state index < -0.39 is 0 Å². The summed E-state index contributed by atoms with van der Waals surface area (Å²) < 4.78 is 0. The second kappa shape index (κ2) is 7.36. The van der Waals surface area contributed by atoms with Gasteiger partial charge in [0.05, 0.1) is 6.07 Å². The highest BCUT2D eigenvalue weighted by molar-refractivity contribution is 5.19. The van der Waals surface area contributed by atoms with Crippen molar-refractivity contribution in [1.82, 2.24) is 0 Å². The molecule has 0 aliphatic heterocycles. The molecule has 0 aliphatic carbocycles. The topological polar surface area (TPSA) is 23.8 Å². The number of hydrogen-bond acceptors (Lipinski definition) is 1. The fourth-order valence-electron chi connectivity index (χ4n) is 0.749. The van der Waals surface area contributed by atoms with Crippen LogP contribution in [-0.2, 0) is 0 Å². The first-order chi connectivity index (χ1) is 6.20. The molecule has 1 heteroatoms. The first-order valence-electron chi connectivity index (χ1n) is 4.61. The van der Waals surface area contributed by atoms with Crippen molar-refractivity contribution in [2.24, 2.45) is 0 Å². The van der Waals surface area contributed by atoms with Gasteiger partial charge in [0.15, 0.2) is 0 Å². The van der Waals surface area contributed by atoms with Crippen molar-refractivity contribution in [3.05, 3.63) is 35.4 Å². The van der Waals surface area contributed by atoms with E-state index in [1.165, 1.54) is 11.1 Å². The Morgan fingerprint density at radius 2 is 1.46 bits per heavy atom. The Hall–Kier alpha value is -1.29. The molecule has 1 aromatic carbocycles. The minimum Gasteiger partial charge on any atom is -0.198 e. The van der Waals surface area contributed by atoms with Crippen molar-refractivity contribution in [2.75, 3.05) is 0 Å². The lowest BCUT2D eigenvalue weighted by molar-refractivity contribution is 0.969. The number of rotatable bonds is 1. The zero-order valence-corrected chi connectivity index (χ0v) is 8.67. The third-order valence-electron chi connectivity index (χ3n) is 1.58. The van der Waals surface area contributed by atoms with Gasteiger partial charge in [-0.05, 0) is 20.3 Å². The van der Waals surface area contributed by atoms with Crippen LogP contribution in [0.25, 0.3) is 0 Å². The Kier molecular flexibility index (Phi) is 6.63. The van der Waals surface area contributed by atoms with Crippen LogP contribution in [-0.4, -0.2) is 0 Å². The normalized spacial score (nSPS) is 8.15. The van der Waals surface area contributed by atoms with E-state index in [-0.39, 0.29) is 0 Å². The van der Waals surface area contributed by atoms with Gasteiger partial charge >= 0.3 is 0 Å². The third-order valence-corrected chi connectivity index (χ3v) is 1.58. The van der Waals surface area contributed by atoms with Crippen LogP contribution in [0.3, 0.4) is 0 Å². The predicted octanol–water partition coefficient (Wildman–Crippen LogP) is 3.61. The fraction of sp³-hybridized carbons (Fsp3) is 0.417. The number of nitriles is 1.